The van der Waals surface area contributed by atoms with Crippen LogP contribution < -0.4 is 11.5 Å². The Kier molecular flexibility index (Phi) is 6.20. The quantitative estimate of drug-likeness (QED) is 0.527. The lowest BCUT2D eigenvalue weighted by molar-refractivity contribution is -0.129. The average molecular weight is 468 g/mol. The molecule has 1 aliphatic rings. The Morgan fingerprint density at radius 2 is 1.88 bits per heavy atom. The van der Waals surface area contributed by atoms with Gasteiger partial charge in [0.25, 0.3) is 5.91 Å². The molecule has 0 fully saturated rings. The lowest BCUT2D eigenvalue weighted by Crippen LogP contribution is -2.42. The van der Waals surface area contributed by atoms with E-state index in [-0.39, 0.29) is 17.5 Å². The highest BCUT2D eigenvalue weighted by molar-refractivity contribution is 5.90. The molecule has 3 aromatic rings. The van der Waals surface area contributed by atoms with Crippen molar-refractivity contribution in [1.29, 1.82) is 0 Å². The summed E-state index contributed by atoms with van der Waals surface area (Å²) >= 11 is 0. The van der Waals surface area contributed by atoms with Crippen LogP contribution in [0.1, 0.15) is 70.9 Å². The normalized spacial score (nSPS) is 19.9. The highest BCUT2D eigenvalue weighted by atomic mass is 19.1. The number of hydrogen-bond donors (Lipinski definition) is 2. The van der Waals surface area contributed by atoms with E-state index in [0.29, 0.717) is 11.4 Å². The van der Waals surface area contributed by atoms with Crippen molar-refractivity contribution in [1.82, 2.24) is 14.8 Å². The van der Waals surface area contributed by atoms with Crippen molar-refractivity contribution in [3.8, 4) is 5.82 Å². The molecule has 4 atom stereocenters. The van der Waals surface area contributed by atoms with Crippen LogP contribution in [0.15, 0.2) is 48.7 Å². The second kappa shape index (κ2) is 8.96. The van der Waals surface area contributed by atoms with Gasteiger partial charge in [0.15, 0.2) is 5.82 Å². The van der Waals surface area contributed by atoms with Crippen LogP contribution >= 0.6 is 0 Å². The maximum atomic E-state index is 13.9. The van der Waals surface area contributed by atoms with E-state index in [2.05, 4.69) is 17.0 Å². The molecule has 178 valence electrons. The molecule has 0 bridgehead atoms. The van der Waals surface area contributed by atoms with Gasteiger partial charge in [-0.15, -0.1) is 0 Å². The molecule has 7 nitrogen and oxygen atoms in total. The molecule has 4 rings (SSSR count). The number of alkyl halides is 2. The van der Waals surface area contributed by atoms with Gasteiger partial charge in [0, 0.05) is 17.4 Å². The van der Waals surface area contributed by atoms with Gasteiger partial charge in [0.2, 0.25) is 5.91 Å². The number of carbonyl (C=O) groups is 2. The molecule has 2 unspecified atom stereocenters. The summed E-state index contributed by atoms with van der Waals surface area (Å²) in [6.45, 7) is 1.53. The Morgan fingerprint density at radius 3 is 2.47 bits per heavy atom. The van der Waals surface area contributed by atoms with E-state index in [4.69, 9.17) is 11.5 Å². The molecular weight excluding hydrogens is 440 g/mol. The van der Waals surface area contributed by atoms with Crippen molar-refractivity contribution < 1.29 is 18.4 Å². The molecule has 0 radical (unpaired) electrons. The third-order valence-corrected chi connectivity index (χ3v) is 6.98. The van der Waals surface area contributed by atoms with Crippen LogP contribution in [-0.2, 0) is 4.79 Å². The molecule has 0 saturated carbocycles. The van der Waals surface area contributed by atoms with Crippen LogP contribution in [-0.4, -0.2) is 39.9 Å². The van der Waals surface area contributed by atoms with Crippen molar-refractivity contribution in [2.75, 3.05) is 13.3 Å². The number of nitrogens with zero attached hydrogens (tertiary/aromatic N) is 3. The summed E-state index contributed by atoms with van der Waals surface area (Å²) in [5, 5.41) is 4.52. The van der Waals surface area contributed by atoms with Gasteiger partial charge < -0.3 is 11.5 Å². The average Bonchev–Trinajstić information content (AvgIpc) is 3.41. The standard InChI is InChI=1S/C25H27F2N5O2/c1-14-10-17(15-6-8-16(9-7-15)19(11-26)25(2,13-27)24(29)34)18-12-30-32(22(14)18)21-5-3-4-20(31-21)23(28)33/h3-9,12,14,17,19H,10-11,13H2,1-2H3,(H2,28,33)(H2,29,34)/t14?,17?,19-,25+/m1/s1. The zero-order chi connectivity index (χ0) is 24.6. The lowest BCUT2D eigenvalue weighted by Gasteiger charge is -2.31. The Balaban J connectivity index is 1.66. The molecule has 1 aromatic carbocycles. The van der Waals surface area contributed by atoms with Gasteiger partial charge in [-0.1, -0.05) is 37.3 Å². The van der Waals surface area contributed by atoms with Crippen LogP contribution in [0.3, 0.4) is 0 Å². The molecule has 2 aromatic heterocycles. The van der Waals surface area contributed by atoms with Gasteiger partial charge in [0.1, 0.15) is 12.4 Å². The van der Waals surface area contributed by atoms with Crippen molar-refractivity contribution in [3.63, 3.8) is 0 Å². The van der Waals surface area contributed by atoms with Gasteiger partial charge >= 0.3 is 0 Å². The van der Waals surface area contributed by atoms with Gasteiger partial charge in [-0.3, -0.25) is 14.0 Å². The Morgan fingerprint density at radius 1 is 1.18 bits per heavy atom. The number of carbonyl (C=O) groups excluding carboxylic acids is 2. The van der Waals surface area contributed by atoms with E-state index < -0.39 is 36.5 Å². The lowest BCUT2D eigenvalue weighted by atomic mass is 9.74. The zero-order valence-corrected chi connectivity index (χ0v) is 19.0. The second-order valence-electron chi connectivity index (χ2n) is 9.12. The molecule has 34 heavy (non-hydrogen) atoms. The summed E-state index contributed by atoms with van der Waals surface area (Å²) < 4.78 is 29.2. The highest BCUT2D eigenvalue weighted by Gasteiger charge is 2.41. The van der Waals surface area contributed by atoms with Crippen molar-refractivity contribution in [2.24, 2.45) is 16.9 Å². The number of primary amides is 2. The number of fused-ring (bicyclic) bond motifs is 1. The molecule has 1 aliphatic carbocycles. The van der Waals surface area contributed by atoms with Gasteiger partial charge in [-0.05, 0) is 42.5 Å². The smallest absolute Gasteiger partial charge is 0.267 e. The monoisotopic (exact) mass is 467 g/mol. The van der Waals surface area contributed by atoms with Gasteiger partial charge in [0.05, 0.1) is 24.0 Å². The fourth-order valence-electron chi connectivity index (χ4n) is 4.82. The van der Waals surface area contributed by atoms with Gasteiger partial charge in [-0.2, -0.15) is 5.10 Å². The number of halogens is 2. The molecule has 9 heteroatoms. The van der Waals surface area contributed by atoms with Crippen molar-refractivity contribution >= 4 is 11.8 Å². The number of hydrogen-bond acceptors (Lipinski definition) is 4. The zero-order valence-electron chi connectivity index (χ0n) is 19.0. The first-order valence-electron chi connectivity index (χ1n) is 11.1. The Bertz CT molecular complexity index is 1230. The summed E-state index contributed by atoms with van der Waals surface area (Å²) in [6.07, 6.45) is 2.63. The van der Waals surface area contributed by atoms with Crippen LogP contribution in [0.5, 0.6) is 0 Å². The first-order valence-corrected chi connectivity index (χ1v) is 11.1. The van der Waals surface area contributed by atoms with E-state index in [9.17, 15) is 18.4 Å². The molecule has 0 saturated heterocycles. The minimum atomic E-state index is -1.61. The number of benzene rings is 1. The highest BCUT2D eigenvalue weighted by Crippen LogP contribution is 2.46. The van der Waals surface area contributed by atoms with Crippen LogP contribution in [0.4, 0.5) is 8.78 Å². The topological polar surface area (TPSA) is 117 Å². The number of amides is 2. The summed E-state index contributed by atoms with van der Waals surface area (Å²) in [4.78, 5) is 27.7. The Labute approximate surface area is 196 Å². The van der Waals surface area contributed by atoms with Crippen molar-refractivity contribution in [2.45, 2.75) is 38.0 Å². The molecule has 2 amide bonds. The van der Waals surface area contributed by atoms with Gasteiger partial charge in [-0.25, -0.2) is 14.1 Å². The maximum absolute atomic E-state index is 13.9. The number of nitrogens with two attached hydrogens (primary N) is 2. The third-order valence-electron chi connectivity index (χ3n) is 6.98. The fourth-order valence-corrected chi connectivity index (χ4v) is 4.82. The predicted molar refractivity (Wildman–Crippen MR) is 123 cm³/mol. The van der Waals surface area contributed by atoms with E-state index in [0.717, 1.165) is 23.2 Å². The predicted octanol–water partition coefficient (Wildman–Crippen LogP) is 3.52. The minimum Gasteiger partial charge on any atom is -0.369 e. The molecule has 0 aliphatic heterocycles. The SMILES string of the molecule is CC1CC(c2ccc([C@@H](CF)[C@](C)(CF)C(N)=O)cc2)c2cnn(-c3cccc(C(N)=O)n3)c21. The van der Waals surface area contributed by atoms with Crippen LogP contribution in [0, 0.1) is 5.41 Å². The summed E-state index contributed by atoms with van der Waals surface area (Å²) in [7, 11) is 0. The van der Waals surface area contributed by atoms with Crippen LogP contribution in [0.2, 0.25) is 0 Å². The summed E-state index contributed by atoms with van der Waals surface area (Å²) in [5.41, 5.74) is 12.9. The summed E-state index contributed by atoms with van der Waals surface area (Å²) in [6, 6.07) is 12.3. The first kappa shape index (κ1) is 23.5. The largest absolute Gasteiger partial charge is 0.369 e. The number of pyridine rings is 1. The van der Waals surface area contributed by atoms with E-state index in [1.54, 1.807) is 41.2 Å². The molecular formula is C25H27F2N5O2. The number of rotatable bonds is 8. The number of aromatic nitrogens is 3. The minimum absolute atomic E-state index is 0.0552. The fraction of sp³-hybridized carbons (Fsp3) is 0.360. The van der Waals surface area contributed by atoms with E-state index in [1.165, 1.54) is 6.92 Å². The second-order valence-corrected chi connectivity index (χ2v) is 9.12. The third kappa shape index (κ3) is 3.85. The van der Waals surface area contributed by atoms with Crippen molar-refractivity contribution in [3.05, 3.63) is 76.7 Å². The molecule has 2 heterocycles. The molecule has 4 N–H and O–H groups in total. The molecule has 0 spiro atoms. The maximum Gasteiger partial charge on any atom is 0.267 e. The first-order chi connectivity index (χ1) is 16.2. The van der Waals surface area contributed by atoms with E-state index >= 15 is 0 Å². The Hall–Kier alpha value is -3.62. The van der Waals surface area contributed by atoms with E-state index in [1.807, 2.05) is 12.1 Å². The summed E-state index contributed by atoms with van der Waals surface area (Å²) in [5.74, 6) is -1.69. The van der Waals surface area contributed by atoms with Crippen LogP contribution in [0.25, 0.3) is 5.82 Å².